The van der Waals surface area contributed by atoms with E-state index in [1.165, 1.54) is 0 Å². The summed E-state index contributed by atoms with van der Waals surface area (Å²) >= 11 is 6.07. The van der Waals surface area contributed by atoms with E-state index in [4.69, 9.17) is 16.9 Å². The Bertz CT molecular complexity index is 573. The summed E-state index contributed by atoms with van der Waals surface area (Å²) in [5.74, 6) is 0. The van der Waals surface area contributed by atoms with Crippen molar-refractivity contribution < 1.29 is 0 Å². The second-order valence-electron chi connectivity index (χ2n) is 3.86. The van der Waals surface area contributed by atoms with Crippen molar-refractivity contribution in [3.63, 3.8) is 0 Å². The van der Waals surface area contributed by atoms with Crippen LogP contribution in [0.2, 0.25) is 5.02 Å². The van der Waals surface area contributed by atoms with Crippen molar-refractivity contribution in [3.05, 3.63) is 59.1 Å². The molecule has 18 heavy (non-hydrogen) atoms. The molecule has 0 bridgehead atoms. The molecule has 0 saturated carbocycles. The second kappa shape index (κ2) is 5.57. The highest BCUT2D eigenvalue weighted by atomic mass is 35.5. The Labute approximate surface area is 112 Å². The molecule has 0 radical (unpaired) electrons. The number of hydrogen-bond acceptors (Lipinski definition) is 2. The molecule has 0 spiro atoms. The van der Waals surface area contributed by atoms with E-state index in [-0.39, 0.29) is 0 Å². The zero-order valence-electron chi connectivity index (χ0n) is 10.1. The third-order valence-corrected chi connectivity index (χ3v) is 3.08. The summed E-state index contributed by atoms with van der Waals surface area (Å²) in [5.41, 5.74) is 2.61. The largest absolute Gasteiger partial charge is 0.342 e. The number of anilines is 2. The van der Waals surface area contributed by atoms with Gasteiger partial charge in [-0.15, -0.1) is 0 Å². The summed E-state index contributed by atoms with van der Waals surface area (Å²) in [6.07, 6.45) is 0. The number of halogens is 1. The third-order valence-electron chi connectivity index (χ3n) is 2.77. The molecular formula is C15H13ClN2. The van der Waals surface area contributed by atoms with Crippen molar-refractivity contribution in [1.82, 2.24) is 0 Å². The molecule has 0 atom stereocenters. The predicted molar refractivity (Wildman–Crippen MR) is 75.3 cm³/mol. The van der Waals surface area contributed by atoms with Gasteiger partial charge in [-0.1, -0.05) is 29.8 Å². The summed E-state index contributed by atoms with van der Waals surface area (Å²) in [5, 5.41) is 9.36. The molecule has 0 heterocycles. The van der Waals surface area contributed by atoms with Crippen LogP contribution in [0.25, 0.3) is 0 Å². The smallest absolute Gasteiger partial charge is 0.101 e. The molecule has 2 nitrogen and oxygen atoms in total. The third kappa shape index (κ3) is 2.47. The van der Waals surface area contributed by atoms with E-state index in [0.717, 1.165) is 17.9 Å². The first-order chi connectivity index (χ1) is 8.76. The molecule has 0 unspecified atom stereocenters. The molecule has 2 rings (SSSR count). The molecule has 0 aliphatic carbocycles. The fourth-order valence-electron chi connectivity index (χ4n) is 1.88. The second-order valence-corrected chi connectivity index (χ2v) is 4.26. The average molecular weight is 257 g/mol. The van der Waals surface area contributed by atoms with Crippen LogP contribution in [0, 0.1) is 11.3 Å². The minimum Gasteiger partial charge on any atom is -0.342 e. The Morgan fingerprint density at radius 2 is 1.83 bits per heavy atom. The molecular weight excluding hydrogens is 244 g/mol. The van der Waals surface area contributed by atoms with Crippen molar-refractivity contribution in [2.75, 3.05) is 11.4 Å². The van der Waals surface area contributed by atoms with Gasteiger partial charge in [0.2, 0.25) is 0 Å². The first-order valence-electron chi connectivity index (χ1n) is 5.78. The molecule has 0 amide bonds. The van der Waals surface area contributed by atoms with Gasteiger partial charge in [-0.05, 0) is 37.3 Å². The molecule has 90 valence electrons. The van der Waals surface area contributed by atoms with Gasteiger partial charge in [0.15, 0.2) is 0 Å². The lowest BCUT2D eigenvalue weighted by molar-refractivity contribution is 1.02. The van der Waals surface area contributed by atoms with Gasteiger partial charge in [-0.2, -0.15) is 5.26 Å². The molecule has 0 N–H and O–H groups in total. The van der Waals surface area contributed by atoms with E-state index in [1.807, 2.05) is 30.3 Å². The Hall–Kier alpha value is -1.98. The van der Waals surface area contributed by atoms with E-state index >= 15 is 0 Å². The molecule has 0 aliphatic heterocycles. The SMILES string of the molecule is CCN(c1ccccc1)c1ccc(C#N)c(Cl)c1. The van der Waals surface area contributed by atoms with Gasteiger partial charge < -0.3 is 4.90 Å². The number of nitrogens with zero attached hydrogens (tertiary/aromatic N) is 2. The Morgan fingerprint density at radius 3 is 2.39 bits per heavy atom. The van der Waals surface area contributed by atoms with Crippen LogP contribution in [0.15, 0.2) is 48.5 Å². The maximum atomic E-state index is 8.87. The van der Waals surface area contributed by atoms with Crippen LogP contribution in [0.3, 0.4) is 0 Å². The van der Waals surface area contributed by atoms with E-state index in [9.17, 15) is 0 Å². The lowest BCUT2D eigenvalue weighted by Crippen LogP contribution is -2.15. The zero-order valence-corrected chi connectivity index (χ0v) is 10.9. The normalized spacial score (nSPS) is 9.83. The molecule has 2 aromatic rings. The summed E-state index contributed by atoms with van der Waals surface area (Å²) < 4.78 is 0. The molecule has 3 heteroatoms. The molecule has 2 aromatic carbocycles. The molecule has 0 aliphatic rings. The van der Waals surface area contributed by atoms with Gasteiger partial charge >= 0.3 is 0 Å². The number of hydrogen-bond donors (Lipinski definition) is 0. The van der Waals surface area contributed by atoms with Crippen LogP contribution in [-0.2, 0) is 0 Å². The minimum atomic E-state index is 0.490. The van der Waals surface area contributed by atoms with Gasteiger partial charge in [-0.25, -0.2) is 0 Å². The maximum absolute atomic E-state index is 8.87. The van der Waals surface area contributed by atoms with Crippen LogP contribution in [0.1, 0.15) is 12.5 Å². The summed E-state index contributed by atoms with van der Waals surface area (Å²) in [6.45, 7) is 2.92. The fourth-order valence-corrected chi connectivity index (χ4v) is 2.10. The van der Waals surface area contributed by atoms with Crippen molar-refractivity contribution in [2.24, 2.45) is 0 Å². The molecule has 0 aromatic heterocycles. The highest BCUT2D eigenvalue weighted by Crippen LogP contribution is 2.28. The Balaban J connectivity index is 2.41. The summed E-state index contributed by atoms with van der Waals surface area (Å²) in [4.78, 5) is 2.15. The van der Waals surface area contributed by atoms with Crippen LogP contribution in [0.4, 0.5) is 11.4 Å². The van der Waals surface area contributed by atoms with Gasteiger partial charge in [0.1, 0.15) is 6.07 Å². The van der Waals surface area contributed by atoms with E-state index in [1.54, 1.807) is 6.07 Å². The molecule has 0 fully saturated rings. The van der Waals surface area contributed by atoms with Crippen molar-refractivity contribution in [2.45, 2.75) is 6.92 Å². The van der Waals surface area contributed by atoms with E-state index in [2.05, 4.69) is 30.0 Å². The van der Waals surface area contributed by atoms with Gasteiger partial charge in [0, 0.05) is 17.9 Å². The Morgan fingerprint density at radius 1 is 1.11 bits per heavy atom. The topological polar surface area (TPSA) is 27.0 Å². The number of nitriles is 1. The number of rotatable bonds is 3. The van der Waals surface area contributed by atoms with Crippen LogP contribution in [0.5, 0.6) is 0 Å². The van der Waals surface area contributed by atoms with Crippen LogP contribution >= 0.6 is 11.6 Å². The quantitative estimate of drug-likeness (QED) is 0.815. The van der Waals surface area contributed by atoms with Crippen LogP contribution < -0.4 is 4.90 Å². The van der Waals surface area contributed by atoms with Crippen molar-refractivity contribution >= 4 is 23.0 Å². The van der Waals surface area contributed by atoms with Gasteiger partial charge in [0.25, 0.3) is 0 Å². The molecule has 0 saturated heterocycles. The van der Waals surface area contributed by atoms with E-state index < -0.39 is 0 Å². The highest BCUT2D eigenvalue weighted by Gasteiger charge is 2.08. The van der Waals surface area contributed by atoms with Gasteiger partial charge in [0.05, 0.1) is 10.6 Å². The first-order valence-corrected chi connectivity index (χ1v) is 6.16. The zero-order chi connectivity index (χ0) is 13.0. The number of benzene rings is 2. The standard InChI is InChI=1S/C15H13ClN2/c1-2-18(13-6-4-3-5-7-13)14-9-8-12(11-17)15(16)10-14/h3-10H,2H2,1H3. The number of para-hydroxylation sites is 1. The maximum Gasteiger partial charge on any atom is 0.101 e. The summed E-state index contributed by atoms with van der Waals surface area (Å²) in [6, 6.07) is 17.7. The minimum absolute atomic E-state index is 0.490. The summed E-state index contributed by atoms with van der Waals surface area (Å²) in [7, 11) is 0. The lowest BCUT2D eigenvalue weighted by Gasteiger charge is -2.23. The first kappa shape index (κ1) is 12.5. The van der Waals surface area contributed by atoms with Crippen molar-refractivity contribution in [1.29, 1.82) is 5.26 Å². The van der Waals surface area contributed by atoms with Gasteiger partial charge in [-0.3, -0.25) is 0 Å². The van der Waals surface area contributed by atoms with E-state index in [0.29, 0.717) is 10.6 Å². The van der Waals surface area contributed by atoms with Crippen LogP contribution in [-0.4, -0.2) is 6.54 Å². The highest BCUT2D eigenvalue weighted by molar-refractivity contribution is 6.32. The van der Waals surface area contributed by atoms with Crippen molar-refractivity contribution in [3.8, 4) is 6.07 Å². The fraction of sp³-hybridized carbons (Fsp3) is 0.133. The monoisotopic (exact) mass is 256 g/mol. The average Bonchev–Trinajstić information content (AvgIpc) is 2.41. The Kier molecular flexibility index (Phi) is 3.86. The predicted octanol–water partition coefficient (Wildman–Crippen LogP) is 4.37. The lowest BCUT2D eigenvalue weighted by atomic mass is 10.2.